The quantitative estimate of drug-likeness (QED) is 0.289. The highest BCUT2D eigenvalue weighted by molar-refractivity contribution is 7.85. The van der Waals surface area contributed by atoms with E-state index in [2.05, 4.69) is 5.32 Å². The molecular weight excluding hydrogens is 508 g/mol. The molecular formula is C25H41ClN2O7S. The number of aryl methyl sites for hydroxylation is 1. The molecule has 2 atom stereocenters. The van der Waals surface area contributed by atoms with Crippen molar-refractivity contribution in [3.05, 3.63) is 29.3 Å². The molecule has 0 aliphatic carbocycles. The number of nitrogens with one attached hydrogen (secondary N) is 1. The van der Waals surface area contributed by atoms with Crippen LogP contribution >= 0.6 is 11.6 Å². The minimum atomic E-state index is -3.58. The van der Waals surface area contributed by atoms with E-state index in [-0.39, 0.29) is 25.5 Å². The highest BCUT2D eigenvalue weighted by Crippen LogP contribution is 2.41. The third-order valence-electron chi connectivity index (χ3n) is 5.41. The van der Waals surface area contributed by atoms with Crippen molar-refractivity contribution in [2.24, 2.45) is 5.41 Å². The van der Waals surface area contributed by atoms with Gasteiger partial charge in [-0.05, 0) is 56.4 Å². The van der Waals surface area contributed by atoms with Gasteiger partial charge in [-0.1, -0.05) is 26.8 Å². The number of amides is 1. The summed E-state index contributed by atoms with van der Waals surface area (Å²) in [7, 11) is -3.58. The van der Waals surface area contributed by atoms with E-state index < -0.39 is 39.2 Å². The van der Waals surface area contributed by atoms with Crippen molar-refractivity contribution in [2.45, 2.75) is 72.4 Å². The van der Waals surface area contributed by atoms with E-state index in [9.17, 15) is 23.1 Å². The molecule has 206 valence electrons. The van der Waals surface area contributed by atoms with Crippen LogP contribution in [0, 0.1) is 12.3 Å². The fraction of sp³-hybridized carbons (Fsp3) is 0.680. The lowest BCUT2D eigenvalue weighted by Gasteiger charge is -2.39. The third-order valence-corrected chi connectivity index (χ3v) is 6.17. The monoisotopic (exact) mass is 548 g/mol. The van der Waals surface area contributed by atoms with Crippen LogP contribution in [-0.4, -0.2) is 69.1 Å². The first-order chi connectivity index (χ1) is 16.3. The number of rotatable bonds is 12. The second kappa shape index (κ2) is 13.0. The van der Waals surface area contributed by atoms with Crippen LogP contribution < -0.4 is 10.2 Å². The van der Waals surface area contributed by atoms with Gasteiger partial charge < -0.3 is 20.1 Å². The summed E-state index contributed by atoms with van der Waals surface area (Å²) < 4.78 is 33.1. The summed E-state index contributed by atoms with van der Waals surface area (Å²) in [5.41, 5.74) is 1.41. The molecule has 1 aromatic carbocycles. The lowest BCUT2D eigenvalue weighted by molar-refractivity contribution is -0.137. The highest BCUT2D eigenvalue weighted by atomic mass is 35.5. The van der Waals surface area contributed by atoms with E-state index in [1.54, 1.807) is 20.8 Å². The van der Waals surface area contributed by atoms with Gasteiger partial charge in [0.2, 0.25) is 0 Å². The van der Waals surface area contributed by atoms with Crippen molar-refractivity contribution in [2.75, 3.05) is 36.7 Å². The minimum absolute atomic E-state index is 0.0382. The predicted molar refractivity (Wildman–Crippen MR) is 143 cm³/mol. The molecule has 2 N–H and O–H groups in total. The number of ether oxygens (including phenoxy) is 1. The van der Waals surface area contributed by atoms with Crippen molar-refractivity contribution in [1.29, 1.82) is 0 Å². The van der Waals surface area contributed by atoms with Gasteiger partial charge in [-0.3, -0.25) is 8.98 Å². The number of alkyl carbamates (subject to hydrolysis) is 1. The van der Waals surface area contributed by atoms with Gasteiger partial charge in [0.05, 0.1) is 19.3 Å². The van der Waals surface area contributed by atoms with Crippen LogP contribution in [0.3, 0.4) is 0 Å². The van der Waals surface area contributed by atoms with E-state index in [0.29, 0.717) is 12.4 Å². The number of halogens is 1. The minimum Gasteiger partial charge on any atom is -0.481 e. The lowest BCUT2D eigenvalue weighted by atomic mass is 9.70. The molecule has 0 fully saturated rings. The highest BCUT2D eigenvalue weighted by Gasteiger charge is 2.37. The average molecular weight is 549 g/mol. The predicted octanol–water partition coefficient (Wildman–Crippen LogP) is 4.51. The van der Waals surface area contributed by atoms with Crippen LogP contribution in [0.15, 0.2) is 18.2 Å². The number of hydrogen-bond acceptors (Lipinski definition) is 7. The van der Waals surface area contributed by atoms with Crippen LogP contribution in [0.25, 0.3) is 0 Å². The number of carboxylic acids is 1. The molecule has 0 aliphatic rings. The molecule has 1 amide bonds. The van der Waals surface area contributed by atoms with Crippen molar-refractivity contribution >= 4 is 39.5 Å². The number of nitrogens with zero attached hydrogens (tertiary/aromatic N) is 1. The van der Waals surface area contributed by atoms with Gasteiger partial charge >= 0.3 is 12.1 Å². The largest absolute Gasteiger partial charge is 0.481 e. The zero-order valence-electron chi connectivity index (χ0n) is 22.6. The number of carboxylic acid groups (broad SMARTS) is 1. The number of benzene rings is 1. The van der Waals surface area contributed by atoms with Gasteiger partial charge in [-0.2, -0.15) is 8.42 Å². The Balaban J connectivity index is 3.48. The van der Waals surface area contributed by atoms with Crippen LogP contribution in [0.5, 0.6) is 0 Å². The molecule has 1 rings (SSSR count). The molecule has 0 heterocycles. The smallest absolute Gasteiger partial charge is 0.407 e. The Hall–Kier alpha value is -2.04. The number of anilines is 1. The summed E-state index contributed by atoms with van der Waals surface area (Å²) in [6, 6.07) is 5.03. The van der Waals surface area contributed by atoms with E-state index in [1.165, 1.54) is 0 Å². The zero-order valence-corrected chi connectivity index (χ0v) is 24.1. The average Bonchev–Trinajstić information content (AvgIpc) is 2.65. The van der Waals surface area contributed by atoms with Gasteiger partial charge in [-0.15, -0.1) is 11.6 Å². The molecule has 0 aliphatic heterocycles. The maximum absolute atomic E-state index is 12.6. The molecule has 0 saturated heterocycles. The van der Waals surface area contributed by atoms with E-state index in [4.69, 9.17) is 20.5 Å². The lowest BCUT2D eigenvalue weighted by Crippen LogP contribution is -2.46. The Labute approximate surface area is 220 Å². The first-order valence-electron chi connectivity index (χ1n) is 11.8. The molecule has 1 unspecified atom stereocenters. The Bertz CT molecular complexity index is 1000. The van der Waals surface area contributed by atoms with Gasteiger partial charge in [0.15, 0.2) is 0 Å². The Morgan fingerprint density at radius 1 is 1.14 bits per heavy atom. The molecule has 36 heavy (non-hydrogen) atoms. The van der Waals surface area contributed by atoms with Gasteiger partial charge in [0, 0.05) is 36.6 Å². The normalized spacial score (nSPS) is 14.1. The Morgan fingerprint density at radius 2 is 1.75 bits per heavy atom. The topological polar surface area (TPSA) is 122 Å². The summed E-state index contributed by atoms with van der Waals surface area (Å²) in [4.78, 5) is 26.4. The van der Waals surface area contributed by atoms with Crippen molar-refractivity contribution in [1.82, 2.24) is 5.32 Å². The molecule has 9 nitrogen and oxygen atoms in total. The number of alkyl halides is 1. The van der Waals surface area contributed by atoms with Crippen LogP contribution in [-0.2, 0) is 23.8 Å². The van der Waals surface area contributed by atoms with Crippen molar-refractivity contribution < 1.29 is 32.0 Å². The summed E-state index contributed by atoms with van der Waals surface area (Å²) in [5.74, 6) is -1.11. The molecule has 0 saturated carbocycles. The standard InChI is InChI=1S/C25H41ClN2O7S/c1-17-9-10-18(28(12-11-26)13-14-34-36(8,32)33)15-19(17)22(24(2,3)4)20(16-21(29)30)27-23(31)35-25(5,6)7/h9-10,15,20,22H,11-14,16H2,1-8H3,(H,27,31)(H,29,30)/t20-,22?/m1/s1. The number of aliphatic carboxylic acids is 1. The van der Waals surface area contributed by atoms with Crippen molar-refractivity contribution in [3.8, 4) is 0 Å². The van der Waals surface area contributed by atoms with E-state index >= 15 is 0 Å². The number of hydrogen-bond donors (Lipinski definition) is 2. The van der Waals surface area contributed by atoms with Crippen LogP contribution in [0.2, 0.25) is 0 Å². The Kier molecular flexibility index (Phi) is 11.5. The Morgan fingerprint density at radius 3 is 2.22 bits per heavy atom. The molecule has 0 spiro atoms. The van der Waals surface area contributed by atoms with E-state index in [1.807, 2.05) is 50.8 Å². The molecule has 0 aromatic heterocycles. The van der Waals surface area contributed by atoms with Gasteiger partial charge in [0.25, 0.3) is 10.1 Å². The first-order valence-corrected chi connectivity index (χ1v) is 14.2. The number of carbonyl (C=O) groups is 2. The van der Waals surface area contributed by atoms with Gasteiger partial charge in [-0.25, -0.2) is 4.79 Å². The summed E-state index contributed by atoms with van der Waals surface area (Å²) >= 11 is 6.01. The summed E-state index contributed by atoms with van der Waals surface area (Å²) in [5, 5.41) is 12.5. The number of carbonyl (C=O) groups excluding carboxylic acids is 1. The van der Waals surface area contributed by atoms with E-state index in [0.717, 1.165) is 23.1 Å². The second-order valence-electron chi connectivity index (χ2n) is 10.9. The maximum atomic E-state index is 12.6. The SMILES string of the molecule is Cc1ccc(N(CCCl)CCOS(C)(=O)=O)cc1C([C@@H](CC(=O)O)NC(=O)OC(C)(C)C)C(C)(C)C. The summed E-state index contributed by atoms with van der Waals surface area (Å²) in [6.45, 7) is 13.8. The second-order valence-corrected chi connectivity index (χ2v) is 13.0. The summed E-state index contributed by atoms with van der Waals surface area (Å²) in [6.07, 6.45) is 0.0219. The molecule has 11 heteroatoms. The van der Waals surface area contributed by atoms with Crippen LogP contribution in [0.1, 0.15) is 65.0 Å². The molecule has 0 radical (unpaired) electrons. The zero-order chi connectivity index (χ0) is 27.9. The molecule has 0 bridgehead atoms. The maximum Gasteiger partial charge on any atom is 0.407 e. The van der Waals surface area contributed by atoms with Crippen LogP contribution in [0.4, 0.5) is 10.5 Å². The molecule has 1 aromatic rings. The fourth-order valence-electron chi connectivity index (χ4n) is 4.12. The van der Waals surface area contributed by atoms with Crippen molar-refractivity contribution in [3.63, 3.8) is 0 Å². The fourth-order valence-corrected chi connectivity index (χ4v) is 4.70. The third kappa shape index (κ3) is 11.3. The van der Waals surface area contributed by atoms with Gasteiger partial charge in [0.1, 0.15) is 5.60 Å². The first kappa shape index (κ1) is 32.0.